The summed E-state index contributed by atoms with van der Waals surface area (Å²) in [5, 5.41) is 2.78. The van der Waals surface area contributed by atoms with Gasteiger partial charge in [-0.2, -0.15) is 0 Å². The van der Waals surface area contributed by atoms with Crippen LogP contribution in [-0.2, 0) is 5.41 Å². The van der Waals surface area contributed by atoms with Gasteiger partial charge >= 0.3 is 0 Å². The highest BCUT2D eigenvalue weighted by atomic mass is 32.1. The van der Waals surface area contributed by atoms with Crippen LogP contribution in [0.4, 0.5) is 0 Å². The molecule has 1 heteroatoms. The van der Waals surface area contributed by atoms with Gasteiger partial charge in [0.15, 0.2) is 0 Å². The van der Waals surface area contributed by atoms with Crippen molar-refractivity contribution in [3.8, 4) is 11.1 Å². The van der Waals surface area contributed by atoms with Crippen molar-refractivity contribution in [1.82, 2.24) is 0 Å². The van der Waals surface area contributed by atoms with E-state index in [1.807, 2.05) is 11.3 Å². The highest BCUT2D eigenvalue weighted by molar-refractivity contribution is 7.26. The number of fused-ring (bicyclic) bond motifs is 3. The molecular weight excluding hydrogens is 296 g/mol. The topological polar surface area (TPSA) is 0 Å². The molecule has 0 spiro atoms. The molecule has 0 fully saturated rings. The van der Waals surface area contributed by atoms with Crippen LogP contribution < -0.4 is 0 Å². The molecule has 0 atom stereocenters. The van der Waals surface area contributed by atoms with Crippen LogP contribution in [0.25, 0.3) is 31.3 Å². The Balaban J connectivity index is 2.17. The smallest absolute Gasteiger partial charge is 0.0399 e. The first kappa shape index (κ1) is 14.5. The molecule has 0 bridgehead atoms. The van der Waals surface area contributed by atoms with Crippen LogP contribution in [0.1, 0.15) is 26.3 Å². The summed E-state index contributed by atoms with van der Waals surface area (Å²) in [7, 11) is 0. The van der Waals surface area contributed by atoms with Gasteiger partial charge in [-0.1, -0.05) is 81.4 Å². The van der Waals surface area contributed by atoms with Gasteiger partial charge in [0.2, 0.25) is 0 Å². The van der Waals surface area contributed by atoms with E-state index >= 15 is 0 Å². The maximum atomic E-state index is 2.32. The fraction of sp³-hybridized carbons (Fsp3) is 0.182. The van der Waals surface area contributed by atoms with Gasteiger partial charge in [0.05, 0.1) is 0 Å². The molecule has 1 aromatic heterocycles. The standard InChI is InChI=1S/C22H20S/c1-22(2,3)18-14-13-16(15-9-5-4-6-10-15)20-17-11-7-8-12-19(17)23-21(18)20/h4-14H,1-3H3. The summed E-state index contributed by atoms with van der Waals surface area (Å²) in [4.78, 5) is 0. The maximum Gasteiger partial charge on any atom is 0.0399 e. The van der Waals surface area contributed by atoms with Crippen LogP contribution >= 0.6 is 11.3 Å². The molecule has 4 aromatic rings. The Morgan fingerprint density at radius 1 is 0.739 bits per heavy atom. The second kappa shape index (κ2) is 5.21. The lowest BCUT2D eigenvalue weighted by atomic mass is 9.84. The Kier molecular flexibility index (Phi) is 3.28. The summed E-state index contributed by atoms with van der Waals surface area (Å²) >= 11 is 1.92. The minimum atomic E-state index is 0.147. The number of hydrogen-bond donors (Lipinski definition) is 0. The Morgan fingerprint density at radius 2 is 1.43 bits per heavy atom. The van der Waals surface area contributed by atoms with E-state index < -0.39 is 0 Å². The van der Waals surface area contributed by atoms with Crippen LogP contribution in [0.5, 0.6) is 0 Å². The number of hydrogen-bond acceptors (Lipinski definition) is 1. The average Bonchev–Trinajstić information content (AvgIpc) is 2.93. The van der Waals surface area contributed by atoms with Crippen LogP contribution in [0.3, 0.4) is 0 Å². The largest absolute Gasteiger partial charge is 0.135 e. The third kappa shape index (κ3) is 2.36. The molecule has 0 unspecified atom stereocenters. The summed E-state index contributed by atoms with van der Waals surface area (Å²) in [5.41, 5.74) is 4.22. The normalized spacial score (nSPS) is 12.1. The lowest BCUT2D eigenvalue weighted by Crippen LogP contribution is -2.11. The molecular formula is C22H20S. The monoisotopic (exact) mass is 316 g/mol. The maximum absolute atomic E-state index is 2.32. The van der Waals surface area contributed by atoms with E-state index in [-0.39, 0.29) is 5.41 Å². The molecule has 3 aromatic carbocycles. The van der Waals surface area contributed by atoms with Gasteiger partial charge < -0.3 is 0 Å². The molecule has 23 heavy (non-hydrogen) atoms. The van der Waals surface area contributed by atoms with E-state index in [9.17, 15) is 0 Å². The van der Waals surface area contributed by atoms with Crippen LogP contribution in [0, 0.1) is 0 Å². The lowest BCUT2D eigenvalue weighted by Gasteiger charge is -2.21. The SMILES string of the molecule is CC(C)(C)c1ccc(-c2ccccc2)c2c1sc1ccccc12. The third-order valence-electron chi connectivity index (χ3n) is 4.42. The van der Waals surface area contributed by atoms with Crippen LogP contribution in [0.15, 0.2) is 66.7 Å². The summed E-state index contributed by atoms with van der Waals surface area (Å²) < 4.78 is 2.80. The molecule has 0 nitrogen and oxygen atoms in total. The van der Waals surface area contributed by atoms with Crippen molar-refractivity contribution in [1.29, 1.82) is 0 Å². The zero-order chi connectivity index (χ0) is 16.0. The molecule has 114 valence electrons. The minimum Gasteiger partial charge on any atom is -0.135 e. The van der Waals surface area contributed by atoms with Crippen molar-refractivity contribution < 1.29 is 0 Å². The van der Waals surface area contributed by atoms with Crippen molar-refractivity contribution in [3.63, 3.8) is 0 Å². The summed E-state index contributed by atoms with van der Waals surface area (Å²) in [6.45, 7) is 6.90. The van der Waals surface area contributed by atoms with Gasteiger partial charge in [-0.15, -0.1) is 11.3 Å². The summed E-state index contributed by atoms with van der Waals surface area (Å²) in [5.74, 6) is 0. The number of rotatable bonds is 1. The van der Waals surface area contributed by atoms with Gasteiger partial charge in [-0.05, 0) is 28.2 Å². The van der Waals surface area contributed by atoms with Crippen molar-refractivity contribution in [2.45, 2.75) is 26.2 Å². The minimum absolute atomic E-state index is 0.147. The fourth-order valence-corrected chi connectivity index (χ4v) is 4.73. The molecule has 0 aliphatic carbocycles. The molecule has 0 amide bonds. The Labute approximate surface area is 141 Å². The van der Waals surface area contributed by atoms with E-state index in [4.69, 9.17) is 0 Å². The van der Waals surface area contributed by atoms with Gasteiger partial charge in [-0.25, -0.2) is 0 Å². The van der Waals surface area contributed by atoms with Crippen molar-refractivity contribution in [2.24, 2.45) is 0 Å². The van der Waals surface area contributed by atoms with Crippen molar-refractivity contribution in [2.75, 3.05) is 0 Å². The van der Waals surface area contributed by atoms with Gasteiger partial charge in [0.25, 0.3) is 0 Å². The first-order chi connectivity index (χ1) is 11.1. The molecule has 4 rings (SSSR count). The van der Waals surface area contributed by atoms with Crippen molar-refractivity contribution >= 4 is 31.5 Å². The second-order valence-electron chi connectivity index (χ2n) is 7.08. The van der Waals surface area contributed by atoms with E-state index in [2.05, 4.69) is 87.5 Å². The number of benzene rings is 3. The van der Waals surface area contributed by atoms with E-state index in [0.29, 0.717) is 0 Å². The molecule has 0 radical (unpaired) electrons. The highest BCUT2D eigenvalue weighted by Gasteiger charge is 2.21. The molecule has 1 heterocycles. The number of thiophene rings is 1. The molecule has 0 saturated heterocycles. The van der Waals surface area contributed by atoms with Crippen LogP contribution in [-0.4, -0.2) is 0 Å². The summed E-state index contributed by atoms with van der Waals surface area (Å²) in [6.07, 6.45) is 0. The van der Waals surface area contributed by atoms with E-state index in [1.54, 1.807) is 0 Å². The Hall–Kier alpha value is -2.12. The highest BCUT2D eigenvalue weighted by Crippen LogP contribution is 2.44. The fourth-order valence-electron chi connectivity index (χ4n) is 3.28. The Morgan fingerprint density at radius 3 is 2.17 bits per heavy atom. The van der Waals surface area contributed by atoms with Gasteiger partial charge in [0.1, 0.15) is 0 Å². The quantitative estimate of drug-likeness (QED) is 0.354. The molecule has 0 saturated carbocycles. The van der Waals surface area contributed by atoms with Crippen LogP contribution in [0.2, 0.25) is 0 Å². The predicted molar refractivity (Wildman–Crippen MR) is 103 cm³/mol. The zero-order valence-electron chi connectivity index (χ0n) is 13.8. The Bertz CT molecular complexity index is 985. The van der Waals surface area contributed by atoms with Gasteiger partial charge in [0, 0.05) is 20.2 Å². The average molecular weight is 316 g/mol. The second-order valence-corrected chi connectivity index (χ2v) is 8.13. The van der Waals surface area contributed by atoms with Crippen molar-refractivity contribution in [3.05, 3.63) is 72.3 Å². The summed E-state index contributed by atoms with van der Waals surface area (Å²) in [6, 6.07) is 24.1. The molecule has 0 aliphatic heterocycles. The van der Waals surface area contributed by atoms with E-state index in [0.717, 1.165) is 0 Å². The third-order valence-corrected chi connectivity index (χ3v) is 5.62. The predicted octanol–water partition coefficient (Wildman–Crippen LogP) is 7.02. The first-order valence-electron chi connectivity index (χ1n) is 8.06. The lowest BCUT2D eigenvalue weighted by molar-refractivity contribution is 0.597. The van der Waals surface area contributed by atoms with E-state index in [1.165, 1.54) is 36.9 Å². The molecule has 0 aliphatic rings. The molecule has 0 N–H and O–H groups in total. The van der Waals surface area contributed by atoms with Gasteiger partial charge in [-0.3, -0.25) is 0 Å². The first-order valence-corrected chi connectivity index (χ1v) is 8.87. The zero-order valence-corrected chi connectivity index (χ0v) is 14.6.